The van der Waals surface area contributed by atoms with Gasteiger partial charge >= 0.3 is 0 Å². The van der Waals surface area contributed by atoms with Crippen LogP contribution in [0.5, 0.6) is 0 Å². The first-order valence-electron chi connectivity index (χ1n) is 7.85. The summed E-state index contributed by atoms with van der Waals surface area (Å²) in [4.78, 5) is 24.2. The monoisotopic (exact) mass is 318 g/mol. The number of carbonyl (C=O) groups is 1. The summed E-state index contributed by atoms with van der Waals surface area (Å²) in [5.74, 6) is 0.0142. The van der Waals surface area contributed by atoms with E-state index in [1.54, 1.807) is 18.6 Å². The maximum Gasteiger partial charge on any atom is 0.224 e. The molecule has 0 atom stereocenters. The second-order valence-electron chi connectivity index (χ2n) is 5.47. The van der Waals surface area contributed by atoms with Crippen molar-refractivity contribution in [3.05, 3.63) is 73.1 Å². The molecule has 5 nitrogen and oxygen atoms in total. The molecule has 1 aromatic carbocycles. The Hall–Kier alpha value is -3.08. The standard InChI is InChI=1S/C19H18N4O/c24-19(8-1-4-15-5-3-9-20-11-15)23-18-7-2-6-16(10-18)17-12-21-14-22-13-17/h2-3,5-7,9-14H,1,4,8H2,(H,23,24). The molecule has 2 heterocycles. The number of carbonyl (C=O) groups excluding carboxylic acids is 1. The number of rotatable bonds is 6. The number of aromatic nitrogens is 3. The van der Waals surface area contributed by atoms with Gasteiger partial charge in [-0.15, -0.1) is 0 Å². The normalized spacial score (nSPS) is 10.3. The molecular formula is C19H18N4O. The topological polar surface area (TPSA) is 67.8 Å². The van der Waals surface area contributed by atoms with Gasteiger partial charge in [0.1, 0.15) is 6.33 Å². The quantitative estimate of drug-likeness (QED) is 0.755. The van der Waals surface area contributed by atoms with Crippen LogP contribution in [-0.4, -0.2) is 20.9 Å². The van der Waals surface area contributed by atoms with Crippen molar-refractivity contribution in [2.24, 2.45) is 0 Å². The number of nitrogens with zero attached hydrogens (tertiary/aromatic N) is 3. The first-order valence-corrected chi connectivity index (χ1v) is 7.85. The van der Waals surface area contributed by atoms with E-state index in [1.807, 2.05) is 42.6 Å². The highest BCUT2D eigenvalue weighted by atomic mass is 16.1. The molecule has 0 aliphatic rings. The number of pyridine rings is 1. The first-order chi connectivity index (χ1) is 11.8. The fraction of sp³-hybridized carbons (Fsp3) is 0.158. The summed E-state index contributed by atoms with van der Waals surface area (Å²) in [6.07, 6.45) is 10.7. The van der Waals surface area contributed by atoms with E-state index in [1.165, 1.54) is 6.33 Å². The molecule has 2 aromatic heterocycles. The van der Waals surface area contributed by atoms with E-state index in [0.717, 1.165) is 35.2 Å². The van der Waals surface area contributed by atoms with Crippen LogP contribution in [0.15, 0.2) is 67.5 Å². The van der Waals surface area contributed by atoms with Crippen LogP contribution in [0.3, 0.4) is 0 Å². The van der Waals surface area contributed by atoms with Gasteiger partial charge in [-0.25, -0.2) is 9.97 Å². The Morgan fingerprint density at radius 3 is 2.62 bits per heavy atom. The lowest BCUT2D eigenvalue weighted by atomic mass is 10.1. The van der Waals surface area contributed by atoms with Gasteiger partial charge in [0.15, 0.2) is 0 Å². The number of anilines is 1. The number of hydrogen-bond donors (Lipinski definition) is 1. The second kappa shape index (κ2) is 7.97. The number of nitrogens with one attached hydrogen (secondary N) is 1. The van der Waals surface area contributed by atoms with Gasteiger partial charge in [0.05, 0.1) is 0 Å². The minimum atomic E-state index is 0.0142. The lowest BCUT2D eigenvalue weighted by Crippen LogP contribution is -2.11. The summed E-state index contributed by atoms with van der Waals surface area (Å²) in [5.41, 5.74) is 3.83. The van der Waals surface area contributed by atoms with Gasteiger partial charge in [0, 0.05) is 42.5 Å². The van der Waals surface area contributed by atoms with Gasteiger partial charge in [-0.1, -0.05) is 18.2 Å². The molecule has 0 spiro atoms. The Balaban J connectivity index is 1.55. The molecule has 5 heteroatoms. The molecular weight excluding hydrogens is 300 g/mol. The predicted octanol–water partition coefficient (Wildman–Crippen LogP) is 3.50. The Labute approximate surface area is 140 Å². The van der Waals surface area contributed by atoms with Gasteiger partial charge in [0.25, 0.3) is 0 Å². The molecule has 24 heavy (non-hydrogen) atoms. The minimum Gasteiger partial charge on any atom is -0.326 e. The lowest BCUT2D eigenvalue weighted by Gasteiger charge is -2.07. The van der Waals surface area contributed by atoms with Crippen LogP contribution in [0, 0.1) is 0 Å². The summed E-state index contributed by atoms with van der Waals surface area (Å²) < 4.78 is 0. The molecule has 0 radical (unpaired) electrons. The number of amides is 1. The van der Waals surface area contributed by atoms with Crippen LogP contribution < -0.4 is 5.32 Å². The van der Waals surface area contributed by atoms with E-state index >= 15 is 0 Å². The Kier molecular flexibility index (Phi) is 5.24. The minimum absolute atomic E-state index is 0.0142. The fourth-order valence-corrected chi connectivity index (χ4v) is 2.45. The highest BCUT2D eigenvalue weighted by Gasteiger charge is 2.05. The molecule has 0 aliphatic heterocycles. The van der Waals surface area contributed by atoms with Crippen molar-refractivity contribution in [3.8, 4) is 11.1 Å². The van der Waals surface area contributed by atoms with Gasteiger partial charge in [-0.2, -0.15) is 0 Å². The van der Waals surface area contributed by atoms with Crippen molar-refractivity contribution in [1.29, 1.82) is 0 Å². The predicted molar refractivity (Wildman–Crippen MR) is 93.3 cm³/mol. The van der Waals surface area contributed by atoms with E-state index in [2.05, 4.69) is 20.3 Å². The average Bonchev–Trinajstić information content (AvgIpc) is 2.63. The van der Waals surface area contributed by atoms with Crippen LogP contribution in [-0.2, 0) is 11.2 Å². The van der Waals surface area contributed by atoms with E-state index in [4.69, 9.17) is 0 Å². The zero-order valence-corrected chi connectivity index (χ0v) is 13.2. The number of hydrogen-bond acceptors (Lipinski definition) is 4. The van der Waals surface area contributed by atoms with Crippen molar-refractivity contribution in [1.82, 2.24) is 15.0 Å². The molecule has 0 saturated carbocycles. The van der Waals surface area contributed by atoms with Gasteiger partial charge in [-0.05, 0) is 42.2 Å². The van der Waals surface area contributed by atoms with Crippen LogP contribution in [0.1, 0.15) is 18.4 Å². The highest BCUT2D eigenvalue weighted by molar-refractivity contribution is 5.91. The van der Waals surface area contributed by atoms with E-state index in [0.29, 0.717) is 6.42 Å². The van der Waals surface area contributed by atoms with Crippen molar-refractivity contribution in [2.45, 2.75) is 19.3 Å². The summed E-state index contributed by atoms with van der Waals surface area (Å²) >= 11 is 0. The maximum atomic E-state index is 12.1. The third-order valence-electron chi connectivity index (χ3n) is 3.63. The Bertz CT molecular complexity index is 791. The summed E-state index contributed by atoms with van der Waals surface area (Å²) in [6, 6.07) is 11.6. The maximum absolute atomic E-state index is 12.1. The van der Waals surface area contributed by atoms with Crippen molar-refractivity contribution in [3.63, 3.8) is 0 Å². The van der Waals surface area contributed by atoms with Crippen LogP contribution in [0.2, 0.25) is 0 Å². The molecule has 3 rings (SSSR count). The van der Waals surface area contributed by atoms with Gasteiger partial charge in [-0.3, -0.25) is 9.78 Å². The molecule has 1 amide bonds. The highest BCUT2D eigenvalue weighted by Crippen LogP contribution is 2.21. The molecule has 3 aromatic rings. The Morgan fingerprint density at radius 2 is 1.83 bits per heavy atom. The van der Waals surface area contributed by atoms with Crippen molar-refractivity contribution >= 4 is 11.6 Å². The second-order valence-corrected chi connectivity index (χ2v) is 5.47. The molecule has 0 aliphatic carbocycles. The molecule has 0 bridgehead atoms. The zero-order chi connectivity index (χ0) is 16.6. The van der Waals surface area contributed by atoms with Crippen LogP contribution in [0.25, 0.3) is 11.1 Å². The van der Waals surface area contributed by atoms with Gasteiger partial charge in [0.2, 0.25) is 5.91 Å². The van der Waals surface area contributed by atoms with Crippen molar-refractivity contribution in [2.75, 3.05) is 5.32 Å². The molecule has 0 fully saturated rings. The SMILES string of the molecule is O=C(CCCc1cccnc1)Nc1cccc(-c2cncnc2)c1. The third-order valence-corrected chi connectivity index (χ3v) is 3.63. The smallest absolute Gasteiger partial charge is 0.224 e. The third kappa shape index (κ3) is 4.46. The lowest BCUT2D eigenvalue weighted by molar-refractivity contribution is -0.116. The average molecular weight is 318 g/mol. The zero-order valence-electron chi connectivity index (χ0n) is 13.2. The van der Waals surface area contributed by atoms with Gasteiger partial charge < -0.3 is 5.32 Å². The molecule has 1 N–H and O–H groups in total. The summed E-state index contributed by atoms with van der Waals surface area (Å²) in [6.45, 7) is 0. The molecule has 0 unspecified atom stereocenters. The van der Waals surface area contributed by atoms with E-state index < -0.39 is 0 Å². The first kappa shape index (κ1) is 15.8. The van der Waals surface area contributed by atoms with Crippen LogP contribution in [0.4, 0.5) is 5.69 Å². The summed E-state index contributed by atoms with van der Waals surface area (Å²) in [7, 11) is 0. The number of benzene rings is 1. The van der Waals surface area contributed by atoms with E-state index in [9.17, 15) is 4.79 Å². The van der Waals surface area contributed by atoms with Crippen molar-refractivity contribution < 1.29 is 4.79 Å². The van der Waals surface area contributed by atoms with E-state index in [-0.39, 0.29) is 5.91 Å². The van der Waals surface area contributed by atoms with Crippen LogP contribution >= 0.6 is 0 Å². The largest absolute Gasteiger partial charge is 0.326 e. The summed E-state index contributed by atoms with van der Waals surface area (Å²) in [5, 5.41) is 2.94. The molecule has 0 saturated heterocycles. The Morgan fingerprint density at radius 1 is 0.958 bits per heavy atom. The molecule has 120 valence electrons. The fourth-order valence-electron chi connectivity index (χ4n) is 2.45. The number of aryl methyl sites for hydroxylation is 1.